The number of phenols is 1. The fourth-order valence-corrected chi connectivity index (χ4v) is 6.23. The first kappa shape index (κ1) is 28.1. The van der Waals surface area contributed by atoms with Crippen molar-refractivity contribution in [3.05, 3.63) is 44.7 Å². The molecule has 10 nitrogen and oxygen atoms in total. The quantitative estimate of drug-likeness (QED) is 0.291. The highest BCUT2D eigenvalue weighted by atomic mass is 35.5. The van der Waals surface area contributed by atoms with Gasteiger partial charge in [0.05, 0.1) is 11.6 Å². The number of hydrogen-bond donors (Lipinski definition) is 6. The molecule has 0 radical (unpaired) electrons. The fourth-order valence-electron chi connectivity index (χ4n) is 5.94. The Hall–Kier alpha value is -2.92. The van der Waals surface area contributed by atoms with Crippen LogP contribution in [-0.2, 0) is 27.3 Å². The third-order valence-corrected chi connectivity index (χ3v) is 8.84. The lowest BCUT2D eigenvalue weighted by Gasteiger charge is -2.50. The van der Waals surface area contributed by atoms with Crippen molar-refractivity contribution in [3.63, 3.8) is 0 Å². The van der Waals surface area contributed by atoms with Crippen LogP contribution in [0, 0.1) is 11.8 Å². The van der Waals surface area contributed by atoms with Crippen molar-refractivity contribution in [1.29, 1.82) is 0 Å². The van der Waals surface area contributed by atoms with Crippen LogP contribution in [0.5, 0.6) is 5.75 Å². The van der Waals surface area contributed by atoms with Gasteiger partial charge in [0, 0.05) is 28.6 Å². The molecule has 4 atom stereocenters. The van der Waals surface area contributed by atoms with Crippen molar-refractivity contribution in [2.45, 2.75) is 63.8 Å². The SMILES string of the molecule is CCC(C)(C)NCc1cc(O)c2c(c1Cl)C[C@H]1C[C@H]3[C@H](N(C)C)C(=O)C(C(N)=O)=C(O)[C@@]3(O)C(=O)C1=C2O. The maximum Gasteiger partial charge on any atom is 0.255 e. The molecule has 0 heterocycles. The van der Waals surface area contributed by atoms with Crippen molar-refractivity contribution < 1.29 is 34.8 Å². The Morgan fingerprint density at radius 3 is 2.45 bits per heavy atom. The molecule has 3 aliphatic rings. The first-order valence-electron chi connectivity index (χ1n) is 12.5. The van der Waals surface area contributed by atoms with E-state index in [0.29, 0.717) is 22.7 Å². The minimum Gasteiger partial charge on any atom is -0.508 e. The van der Waals surface area contributed by atoms with Gasteiger partial charge in [0.25, 0.3) is 5.91 Å². The summed E-state index contributed by atoms with van der Waals surface area (Å²) < 4.78 is 0. The van der Waals surface area contributed by atoms with Crippen LogP contribution in [-0.4, -0.2) is 74.1 Å². The van der Waals surface area contributed by atoms with E-state index in [9.17, 15) is 34.8 Å². The minimum atomic E-state index is -2.67. The summed E-state index contributed by atoms with van der Waals surface area (Å²) in [6.45, 7) is 6.47. The maximum absolute atomic E-state index is 13.8. The van der Waals surface area contributed by atoms with Crippen molar-refractivity contribution in [1.82, 2.24) is 10.2 Å². The zero-order valence-electron chi connectivity index (χ0n) is 22.1. The van der Waals surface area contributed by atoms with Crippen LogP contribution >= 0.6 is 11.6 Å². The Bertz CT molecular complexity index is 1320. The molecule has 11 heteroatoms. The van der Waals surface area contributed by atoms with Crippen LogP contribution in [0.2, 0.25) is 5.02 Å². The van der Waals surface area contributed by atoms with E-state index >= 15 is 0 Å². The van der Waals surface area contributed by atoms with E-state index in [1.807, 2.05) is 20.8 Å². The monoisotopic (exact) mass is 547 g/mol. The molecule has 1 fully saturated rings. The van der Waals surface area contributed by atoms with Crippen LogP contribution in [0.3, 0.4) is 0 Å². The molecule has 1 aromatic carbocycles. The number of primary amides is 1. The highest BCUT2D eigenvalue weighted by Gasteiger charge is 2.64. The van der Waals surface area contributed by atoms with E-state index in [1.165, 1.54) is 11.0 Å². The topological polar surface area (TPSA) is 173 Å². The van der Waals surface area contributed by atoms with Gasteiger partial charge in [-0.2, -0.15) is 0 Å². The number of nitrogens with zero attached hydrogens (tertiary/aromatic N) is 1. The number of hydrogen-bond acceptors (Lipinski definition) is 9. The van der Waals surface area contributed by atoms with Crippen molar-refractivity contribution in [2.75, 3.05) is 14.1 Å². The third kappa shape index (κ3) is 4.02. The van der Waals surface area contributed by atoms with E-state index in [2.05, 4.69) is 5.32 Å². The molecule has 1 aromatic rings. The molecule has 1 amide bonds. The van der Waals surface area contributed by atoms with E-state index in [1.54, 1.807) is 14.1 Å². The molecule has 0 unspecified atom stereocenters. The lowest BCUT2D eigenvalue weighted by molar-refractivity contribution is -0.153. The number of benzene rings is 1. The molecule has 0 saturated heterocycles. The predicted octanol–water partition coefficient (Wildman–Crippen LogP) is 1.90. The van der Waals surface area contributed by atoms with Gasteiger partial charge in [0.2, 0.25) is 5.78 Å². The van der Waals surface area contributed by atoms with Crippen LogP contribution in [0.25, 0.3) is 5.76 Å². The zero-order valence-corrected chi connectivity index (χ0v) is 22.8. The summed E-state index contributed by atoms with van der Waals surface area (Å²) >= 11 is 6.77. The van der Waals surface area contributed by atoms with Gasteiger partial charge in [-0.3, -0.25) is 19.3 Å². The number of carbonyl (C=O) groups is 3. The number of aromatic hydroxyl groups is 1. The molecule has 1 saturated carbocycles. The first-order chi connectivity index (χ1) is 17.6. The van der Waals surface area contributed by atoms with Gasteiger partial charge in [-0.15, -0.1) is 0 Å². The zero-order chi connectivity index (χ0) is 28.5. The average molecular weight is 548 g/mol. The highest BCUT2D eigenvalue weighted by molar-refractivity contribution is 6.32. The Morgan fingerprint density at radius 2 is 1.89 bits per heavy atom. The number of halogens is 1. The van der Waals surface area contributed by atoms with Crippen molar-refractivity contribution >= 4 is 34.8 Å². The number of Topliss-reactive ketones (excluding diaryl/α,β-unsaturated/α-hetero) is 2. The summed E-state index contributed by atoms with van der Waals surface area (Å²) in [5, 5.41) is 48.4. The second kappa shape index (κ2) is 9.37. The second-order valence-electron chi connectivity index (χ2n) is 11.3. The summed E-state index contributed by atoms with van der Waals surface area (Å²) in [5.74, 6) is -6.89. The molecular formula is C27H34ClN3O7. The number of likely N-dealkylation sites (N-methyl/N-ethyl adjacent to an activating group) is 1. The van der Waals surface area contributed by atoms with Gasteiger partial charge in [-0.1, -0.05) is 18.5 Å². The summed E-state index contributed by atoms with van der Waals surface area (Å²) in [6.07, 6.45) is 1.01. The van der Waals surface area contributed by atoms with Gasteiger partial charge >= 0.3 is 0 Å². The Morgan fingerprint density at radius 1 is 1.26 bits per heavy atom. The van der Waals surface area contributed by atoms with E-state index in [4.69, 9.17) is 17.3 Å². The summed E-state index contributed by atoms with van der Waals surface area (Å²) in [4.78, 5) is 40.5. The van der Waals surface area contributed by atoms with Gasteiger partial charge < -0.3 is 31.5 Å². The van der Waals surface area contributed by atoms with E-state index in [0.717, 1.165) is 6.42 Å². The molecule has 206 valence electrons. The molecule has 0 spiro atoms. The van der Waals surface area contributed by atoms with Crippen LogP contribution in [0.4, 0.5) is 0 Å². The van der Waals surface area contributed by atoms with Crippen molar-refractivity contribution in [2.24, 2.45) is 17.6 Å². The fraction of sp³-hybridized carbons (Fsp3) is 0.519. The maximum atomic E-state index is 13.8. The number of ketones is 2. The third-order valence-electron chi connectivity index (χ3n) is 8.37. The smallest absolute Gasteiger partial charge is 0.255 e. The molecular weight excluding hydrogens is 514 g/mol. The Labute approximate surface area is 225 Å². The number of rotatable bonds is 6. The summed E-state index contributed by atoms with van der Waals surface area (Å²) in [7, 11) is 3.11. The lowest BCUT2D eigenvalue weighted by Crippen LogP contribution is -2.65. The number of amides is 1. The van der Waals surface area contributed by atoms with Crippen LogP contribution in [0.1, 0.15) is 50.3 Å². The van der Waals surface area contributed by atoms with Gasteiger partial charge in [0.15, 0.2) is 11.4 Å². The number of phenolic OH excluding ortho intramolecular Hbond substituents is 1. The number of aliphatic hydroxyl groups is 3. The normalized spacial score (nSPS) is 27.4. The summed E-state index contributed by atoms with van der Waals surface area (Å²) in [5.41, 5.74) is 2.48. The molecule has 0 aliphatic heterocycles. The number of nitrogens with one attached hydrogen (secondary N) is 1. The molecule has 38 heavy (non-hydrogen) atoms. The number of aliphatic hydroxyl groups excluding tert-OH is 2. The Kier molecular flexibility index (Phi) is 6.93. The van der Waals surface area contributed by atoms with Gasteiger partial charge in [-0.05, 0) is 70.3 Å². The summed E-state index contributed by atoms with van der Waals surface area (Å²) in [6, 6.07) is 0.286. The van der Waals surface area contributed by atoms with Crippen molar-refractivity contribution in [3.8, 4) is 5.75 Å². The molecule has 3 aliphatic carbocycles. The van der Waals surface area contributed by atoms with E-state index < -0.39 is 58.0 Å². The lowest BCUT2D eigenvalue weighted by atomic mass is 9.57. The standard InChI is InChI=1S/C27H34ClN3O7/c1-6-26(2,3)30-10-12-9-15(32)17-13(19(12)28)7-11-8-14-20(31(4)5)22(34)18(25(29)37)24(36)27(14,38)23(35)16(11)21(17)33/h9,11,14,20,30,32-33,36,38H,6-8,10H2,1-5H3,(H2,29,37)/t11-,14-,20-,27-/m0/s1. The second-order valence-corrected chi connectivity index (χ2v) is 11.7. The highest BCUT2D eigenvalue weighted by Crippen LogP contribution is 2.53. The number of nitrogens with two attached hydrogens (primary N) is 1. The minimum absolute atomic E-state index is 0.00813. The number of fused-ring (bicyclic) bond motifs is 3. The predicted molar refractivity (Wildman–Crippen MR) is 140 cm³/mol. The largest absolute Gasteiger partial charge is 0.508 e. The van der Waals surface area contributed by atoms with Crippen LogP contribution < -0.4 is 11.1 Å². The first-order valence-corrected chi connectivity index (χ1v) is 12.9. The molecule has 0 aromatic heterocycles. The molecule has 7 N–H and O–H groups in total. The van der Waals surface area contributed by atoms with Gasteiger partial charge in [0.1, 0.15) is 22.8 Å². The van der Waals surface area contributed by atoms with E-state index in [-0.39, 0.29) is 35.3 Å². The van der Waals surface area contributed by atoms with Gasteiger partial charge in [-0.25, -0.2) is 0 Å². The average Bonchev–Trinajstić information content (AvgIpc) is 2.82. The Balaban J connectivity index is 1.88. The van der Waals surface area contributed by atoms with Crippen LogP contribution in [0.15, 0.2) is 23.0 Å². The molecule has 0 bridgehead atoms. The number of carbonyl (C=O) groups excluding carboxylic acids is 3. The molecule has 4 rings (SSSR count).